The van der Waals surface area contributed by atoms with Crippen LogP contribution in [0.5, 0.6) is 5.75 Å². The minimum absolute atomic E-state index is 0.314. The lowest BCUT2D eigenvalue weighted by molar-refractivity contribution is 0.102. The molecule has 0 bridgehead atoms. The Morgan fingerprint density at radius 2 is 2.17 bits per heavy atom. The largest absolute Gasteiger partial charge is 0.496 e. The molecule has 2 heterocycles. The number of aromatic nitrogens is 4. The van der Waals surface area contributed by atoms with E-state index in [0.29, 0.717) is 28.6 Å². The first kappa shape index (κ1) is 15.2. The molecule has 2 N–H and O–H groups in total. The van der Waals surface area contributed by atoms with Gasteiger partial charge in [0.1, 0.15) is 23.6 Å². The van der Waals surface area contributed by atoms with E-state index in [1.54, 1.807) is 36.4 Å². The van der Waals surface area contributed by atoms with Crippen LogP contribution in [0.25, 0.3) is 11.5 Å². The third-order valence-electron chi connectivity index (χ3n) is 3.05. The second-order valence-corrected chi connectivity index (χ2v) is 5.46. The second-order valence-electron chi connectivity index (χ2n) is 4.54. The number of hydrogen-bond donors (Lipinski definition) is 2. The summed E-state index contributed by atoms with van der Waals surface area (Å²) in [6.07, 6.45) is 1.40. The highest BCUT2D eigenvalue weighted by Gasteiger charge is 2.14. The first-order chi connectivity index (χ1) is 11.2. The molecule has 0 aliphatic carbocycles. The molecule has 23 heavy (non-hydrogen) atoms. The van der Waals surface area contributed by atoms with Gasteiger partial charge in [-0.15, -0.1) is 0 Å². The van der Waals surface area contributed by atoms with Crippen LogP contribution in [0.3, 0.4) is 0 Å². The highest BCUT2D eigenvalue weighted by atomic mass is 79.9. The fourth-order valence-corrected chi connectivity index (χ4v) is 2.37. The number of ether oxygens (including phenoxy) is 1. The van der Waals surface area contributed by atoms with Gasteiger partial charge in [0.2, 0.25) is 0 Å². The number of amides is 1. The molecule has 0 saturated heterocycles. The zero-order chi connectivity index (χ0) is 16.2. The third kappa shape index (κ3) is 3.37. The van der Waals surface area contributed by atoms with Crippen LogP contribution in [0.4, 0.5) is 5.82 Å². The predicted octanol–water partition coefficient (Wildman–Crippen LogP) is 2.89. The van der Waals surface area contributed by atoms with Crippen molar-refractivity contribution >= 4 is 27.7 Å². The lowest BCUT2D eigenvalue weighted by Crippen LogP contribution is -2.14. The second kappa shape index (κ2) is 6.57. The van der Waals surface area contributed by atoms with E-state index in [2.05, 4.69) is 41.4 Å². The maximum absolute atomic E-state index is 12.5. The number of halogens is 1. The Bertz CT molecular complexity index is 836. The molecule has 2 aromatic heterocycles. The van der Waals surface area contributed by atoms with Crippen molar-refractivity contribution < 1.29 is 9.53 Å². The van der Waals surface area contributed by atoms with Gasteiger partial charge >= 0.3 is 0 Å². The van der Waals surface area contributed by atoms with Gasteiger partial charge in [0.25, 0.3) is 5.91 Å². The van der Waals surface area contributed by atoms with E-state index in [9.17, 15) is 4.79 Å². The van der Waals surface area contributed by atoms with Crippen LogP contribution in [-0.4, -0.2) is 33.2 Å². The van der Waals surface area contributed by atoms with Gasteiger partial charge in [-0.1, -0.05) is 22.0 Å². The van der Waals surface area contributed by atoms with E-state index < -0.39 is 0 Å². The summed E-state index contributed by atoms with van der Waals surface area (Å²) in [4.78, 5) is 20.8. The number of benzene rings is 1. The van der Waals surface area contributed by atoms with E-state index >= 15 is 0 Å². The minimum Gasteiger partial charge on any atom is -0.496 e. The van der Waals surface area contributed by atoms with Gasteiger partial charge < -0.3 is 10.1 Å². The first-order valence-corrected chi connectivity index (χ1v) is 7.44. The fourth-order valence-electron chi connectivity index (χ4n) is 2.01. The number of nitrogens with one attached hydrogen (secondary N) is 2. The van der Waals surface area contributed by atoms with Crippen molar-refractivity contribution in [3.8, 4) is 17.3 Å². The molecule has 0 saturated carbocycles. The standard InChI is InChI=1S/C15H12BrN5O2/c1-23-12-6-5-9(16)7-10(12)15(22)20-13-4-2-3-11(19-13)14-17-8-18-21-14/h2-8H,1H3,(H,17,18,21)(H,19,20,22). The van der Waals surface area contributed by atoms with E-state index in [1.807, 2.05) is 0 Å². The average molecular weight is 374 g/mol. The van der Waals surface area contributed by atoms with Crippen LogP contribution >= 0.6 is 15.9 Å². The Balaban J connectivity index is 1.86. The van der Waals surface area contributed by atoms with E-state index in [4.69, 9.17) is 4.74 Å². The lowest BCUT2D eigenvalue weighted by Gasteiger charge is -2.09. The van der Waals surface area contributed by atoms with Crippen LogP contribution in [0.1, 0.15) is 10.4 Å². The van der Waals surface area contributed by atoms with Crippen molar-refractivity contribution in [2.45, 2.75) is 0 Å². The summed E-state index contributed by atoms with van der Waals surface area (Å²) in [5.74, 6) is 1.11. The number of carbonyl (C=O) groups excluding carboxylic acids is 1. The molecular formula is C15H12BrN5O2. The molecule has 0 unspecified atom stereocenters. The number of methoxy groups -OCH3 is 1. The topological polar surface area (TPSA) is 92.8 Å². The molecule has 0 radical (unpaired) electrons. The van der Waals surface area contributed by atoms with Gasteiger partial charge in [0.15, 0.2) is 5.82 Å². The van der Waals surface area contributed by atoms with Crippen LogP contribution in [0.2, 0.25) is 0 Å². The zero-order valence-corrected chi connectivity index (χ0v) is 13.7. The van der Waals surface area contributed by atoms with Gasteiger partial charge in [-0.2, -0.15) is 5.10 Å². The maximum atomic E-state index is 12.5. The summed E-state index contributed by atoms with van der Waals surface area (Å²) >= 11 is 3.35. The molecule has 1 aromatic carbocycles. The van der Waals surface area contributed by atoms with Crippen molar-refractivity contribution in [2.75, 3.05) is 12.4 Å². The number of aromatic amines is 1. The van der Waals surface area contributed by atoms with Crippen molar-refractivity contribution in [3.63, 3.8) is 0 Å². The highest BCUT2D eigenvalue weighted by molar-refractivity contribution is 9.10. The third-order valence-corrected chi connectivity index (χ3v) is 3.55. The van der Waals surface area contributed by atoms with Crippen LogP contribution in [-0.2, 0) is 0 Å². The summed E-state index contributed by atoms with van der Waals surface area (Å²) in [5.41, 5.74) is 0.996. The van der Waals surface area contributed by atoms with Crippen LogP contribution in [0, 0.1) is 0 Å². The number of pyridine rings is 1. The molecule has 0 spiro atoms. The Hall–Kier alpha value is -2.74. The van der Waals surface area contributed by atoms with E-state index in [-0.39, 0.29) is 5.91 Å². The molecule has 3 aromatic rings. The number of rotatable bonds is 4. The van der Waals surface area contributed by atoms with Gasteiger partial charge in [0.05, 0.1) is 12.7 Å². The minimum atomic E-state index is -0.314. The Kier molecular flexibility index (Phi) is 4.33. The molecule has 1 amide bonds. The van der Waals surface area contributed by atoms with Crippen molar-refractivity contribution in [1.82, 2.24) is 20.2 Å². The van der Waals surface area contributed by atoms with E-state index in [1.165, 1.54) is 13.4 Å². The normalized spacial score (nSPS) is 10.3. The maximum Gasteiger partial charge on any atom is 0.260 e. The van der Waals surface area contributed by atoms with Crippen LogP contribution < -0.4 is 10.1 Å². The average Bonchev–Trinajstić information content (AvgIpc) is 3.09. The molecule has 8 heteroatoms. The molecular weight excluding hydrogens is 362 g/mol. The summed E-state index contributed by atoms with van der Waals surface area (Å²) in [6, 6.07) is 10.5. The van der Waals surface area contributed by atoms with Crippen LogP contribution in [0.15, 0.2) is 47.2 Å². The predicted molar refractivity (Wildman–Crippen MR) is 88.3 cm³/mol. The summed E-state index contributed by atoms with van der Waals surface area (Å²) in [7, 11) is 1.52. The van der Waals surface area contributed by atoms with Gasteiger partial charge in [0, 0.05) is 4.47 Å². The van der Waals surface area contributed by atoms with Gasteiger partial charge in [-0.3, -0.25) is 9.89 Å². The summed E-state index contributed by atoms with van der Waals surface area (Å²) in [6.45, 7) is 0. The number of H-pyrrole nitrogens is 1. The molecule has 0 atom stereocenters. The number of carbonyl (C=O) groups is 1. The molecule has 0 aliphatic heterocycles. The van der Waals surface area contributed by atoms with Crippen molar-refractivity contribution in [2.24, 2.45) is 0 Å². The molecule has 0 aliphatic rings. The summed E-state index contributed by atoms with van der Waals surface area (Å²) in [5, 5.41) is 9.26. The Labute approximate surface area is 140 Å². The quantitative estimate of drug-likeness (QED) is 0.733. The van der Waals surface area contributed by atoms with Crippen molar-refractivity contribution in [3.05, 3.63) is 52.8 Å². The number of hydrogen-bond acceptors (Lipinski definition) is 5. The first-order valence-electron chi connectivity index (χ1n) is 6.65. The molecule has 116 valence electrons. The molecule has 0 fully saturated rings. The van der Waals surface area contributed by atoms with E-state index in [0.717, 1.165) is 4.47 Å². The lowest BCUT2D eigenvalue weighted by atomic mass is 10.2. The Morgan fingerprint density at radius 3 is 2.91 bits per heavy atom. The number of anilines is 1. The molecule has 7 nitrogen and oxygen atoms in total. The smallest absolute Gasteiger partial charge is 0.260 e. The Morgan fingerprint density at radius 1 is 1.30 bits per heavy atom. The van der Waals surface area contributed by atoms with Gasteiger partial charge in [-0.05, 0) is 30.3 Å². The van der Waals surface area contributed by atoms with Crippen molar-refractivity contribution in [1.29, 1.82) is 0 Å². The number of nitrogens with zero attached hydrogens (tertiary/aromatic N) is 3. The fraction of sp³-hybridized carbons (Fsp3) is 0.0667. The summed E-state index contributed by atoms with van der Waals surface area (Å²) < 4.78 is 6.00. The molecule has 3 rings (SSSR count). The monoisotopic (exact) mass is 373 g/mol. The highest BCUT2D eigenvalue weighted by Crippen LogP contribution is 2.24. The SMILES string of the molecule is COc1ccc(Br)cc1C(=O)Nc1cccc(-c2ncn[nH]2)n1. The van der Waals surface area contributed by atoms with Gasteiger partial charge in [-0.25, -0.2) is 9.97 Å². The zero-order valence-electron chi connectivity index (χ0n) is 12.1.